The third-order valence-corrected chi connectivity index (χ3v) is 5.26. The molecule has 0 aliphatic carbocycles. The number of hydrogen-bond acceptors (Lipinski definition) is 5. The minimum atomic E-state index is -0.175. The summed E-state index contributed by atoms with van der Waals surface area (Å²) in [7, 11) is 0. The Labute approximate surface area is 194 Å². The fourth-order valence-electron chi connectivity index (χ4n) is 3.31. The third kappa shape index (κ3) is 5.31. The first-order valence-electron chi connectivity index (χ1n) is 10.1. The SMILES string of the molecule is C/C=C/C(=O)Nc1cc(C)cc(Nc2ncc(Br)c(Nc3ccc4ccccc4c3)n2)c1. The van der Waals surface area contributed by atoms with Gasteiger partial charge in [0.15, 0.2) is 0 Å². The monoisotopic (exact) mass is 487 g/mol. The van der Waals surface area contributed by atoms with E-state index in [2.05, 4.69) is 66.1 Å². The average molecular weight is 488 g/mol. The van der Waals surface area contributed by atoms with Gasteiger partial charge in [0.2, 0.25) is 11.9 Å². The number of carbonyl (C=O) groups excluding carboxylic acids is 1. The number of nitrogens with one attached hydrogen (secondary N) is 3. The van der Waals surface area contributed by atoms with Crippen molar-refractivity contribution in [3.63, 3.8) is 0 Å². The molecule has 0 spiro atoms. The van der Waals surface area contributed by atoms with Gasteiger partial charge in [-0.1, -0.05) is 36.4 Å². The number of carbonyl (C=O) groups is 1. The molecule has 4 rings (SSSR count). The second-order valence-corrected chi connectivity index (χ2v) is 8.13. The zero-order valence-corrected chi connectivity index (χ0v) is 19.3. The van der Waals surface area contributed by atoms with Crippen LogP contribution >= 0.6 is 15.9 Å². The molecule has 3 N–H and O–H groups in total. The second kappa shape index (κ2) is 9.62. The zero-order valence-electron chi connectivity index (χ0n) is 17.7. The van der Waals surface area contributed by atoms with Gasteiger partial charge in [0.25, 0.3) is 0 Å². The van der Waals surface area contributed by atoms with E-state index in [4.69, 9.17) is 0 Å². The van der Waals surface area contributed by atoms with Crippen molar-refractivity contribution in [2.75, 3.05) is 16.0 Å². The van der Waals surface area contributed by atoms with E-state index in [-0.39, 0.29) is 5.91 Å². The van der Waals surface area contributed by atoms with Gasteiger partial charge in [-0.25, -0.2) is 4.98 Å². The average Bonchev–Trinajstić information content (AvgIpc) is 2.76. The van der Waals surface area contributed by atoms with Crippen molar-refractivity contribution in [3.8, 4) is 0 Å². The molecular weight excluding hydrogens is 466 g/mol. The summed E-state index contributed by atoms with van der Waals surface area (Å²) >= 11 is 3.52. The quantitative estimate of drug-likeness (QED) is 0.263. The number of hydrogen-bond donors (Lipinski definition) is 3. The Balaban J connectivity index is 1.56. The molecule has 0 atom stereocenters. The van der Waals surface area contributed by atoms with Crippen LogP contribution in [0.4, 0.5) is 28.8 Å². The number of fused-ring (bicyclic) bond motifs is 1. The summed E-state index contributed by atoms with van der Waals surface area (Å²) in [6.45, 7) is 3.77. The van der Waals surface area contributed by atoms with Crippen LogP contribution in [0.15, 0.2) is 83.5 Å². The molecule has 32 heavy (non-hydrogen) atoms. The largest absolute Gasteiger partial charge is 0.339 e. The van der Waals surface area contributed by atoms with Crippen LogP contribution in [0.1, 0.15) is 12.5 Å². The van der Waals surface area contributed by atoms with Crippen LogP contribution < -0.4 is 16.0 Å². The fraction of sp³-hybridized carbons (Fsp3) is 0.0800. The van der Waals surface area contributed by atoms with E-state index in [1.54, 1.807) is 19.2 Å². The standard InChI is InChI=1S/C25H22BrN5O/c1-3-6-23(32)28-20-11-16(2)12-21(14-20)30-25-27-15-22(26)24(31-25)29-19-10-9-17-7-4-5-8-18(17)13-19/h3-15H,1-2H3,(H,28,32)(H2,27,29,30,31)/b6-3+. The van der Waals surface area contributed by atoms with Crippen molar-refractivity contribution in [2.45, 2.75) is 13.8 Å². The molecule has 0 bridgehead atoms. The first-order valence-corrected chi connectivity index (χ1v) is 10.9. The van der Waals surface area contributed by atoms with Crippen LogP contribution in [0, 0.1) is 6.92 Å². The van der Waals surface area contributed by atoms with Gasteiger partial charge in [-0.3, -0.25) is 4.79 Å². The van der Waals surface area contributed by atoms with E-state index >= 15 is 0 Å². The summed E-state index contributed by atoms with van der Waals surface area (Å²) in [6.07, 6.45) is 4.88. The lowest BCUT2D eigenvalue weighted by atomic mass is 10.1. The highest BCUT2D eigenvalue weighted by molar-refractivity contribution is 9.10. The van der Waals surface area contributed by atoms with Crippen molar-refractivity contribution in [2.24, 2.45) is 0 Å². The van der Waals surface area contributed by atoms with Gasteiger partial charge < -0.3 is 16.0 Å². The number of benzene rings is 3. The fourth-order valence-corrected chi connectivity index (χ4v) is 3.60. The van der Waals surface area contributed by atoms with E-state index in [0.717, 1.165) is 26.8 Å². The lowest BCUT2D eigenvalue weighted by molar-refractivity contribution is -0.111. The van der Waals surface area contributed by atoms with Crippen LogP contribution in [0.25, 0.3) is 10.8 Å². The Bertz CT molecular complexity index is 1320. The maximum atomic E-state index is 11.9. The molecule has 1 amide bonds. The molecule has 1 aromatic heterocycles. The summed E-state index contributed by atoms with van der Waals surface area (Å²) in [5, 5.41) is 11.7. The van der Waals surface area contributed by atoms with Crippen molar-refractivity contribution in [3.05, 3.63) is 89.0 Å². The topological polar surface area (TPSA) is 78.9 Å². The highest BCUT2D eigenvalue weighted by atomic mass is 79.9. The molecular formula is C25H22BrN5O. The summed E-state index contributed by atoms with van der Waals surface area (Å²) in [4.78, 5) is 20.9. The van der Waals surface area contributed by atoms with Gasteiger partial charge in [-0.2, -0.15) is 4.98 Å². The maximum absolute atomic E-state index is 11.9. The van der Waals surface area contributed by atoms with Crippen molar-refractivity contribution in [1.82, 2.24) is 9.97 Å². The Morgan fingerprint density at radius 2 is 1.72 bits per heavy atom. The van der Waals surface area contributed by atoms with Crippen LogP contribution in [-0.4, -0.2) is 15.9 Å². The molecule has 1 heterocycles. The molecule has 0 radical (unpaired) electrons. The minimum absolute atomic E-state index is 0.175. The van der Waals surface area contributed by atoms with Crippen LogP contribution in [0.5, 0.6) is 0 Å². The van der Waals surface area contributed by atoms with Crippen molar-refractivity contribution >= 4 is 61.4 Å². The number of allylic oxidation sites excluding steroid dienone is 1. The van der Waals surface area contributed by atoms with Crippen LogP contribution in [0.2, 0.25) is 0 Å². The van der Waals surface area contributed by atoms with Crippen LogP contribution in [-0.2, 0) is 4.79 Å². The first kappa shape index (κ1) is 21.5. The first-order chi connectivity index (χ1) is 15.5. The molecule has 0 fully saturated rings. The Morgan fingerprint density at radius 1 is 0.938 bits per heavy atom. The van der Waals surface area contributed by atoms with Crippen molar-refractivity contribution < 1.29 is 4.79 Å². The highest BCUT2D eigenvalue weighted by Gasteiger charge is 2.08. The van der Waals surface area contributed by atoms with Gasteiger partial charge in [0, 0.05) is 23.3 Å². The highest BCUT2D eigenvalue weighted by Crippen LogP contribution is 2.28. The second-order valence-electron chi connectivity index (χ2n) is 7.28. The van der Waals surface area contributed by atoms with Gasteiger partial charge in [-0.05, 0) is 82.5 Å². The number of anilines is 5. The van der Waals surface area contributed by atoms with Crippen molar-refractivity contribution in [1.29, 1.82) is 0 Å². The number of halogens is 1. The van der Waals surface area contributed by atoms with Gasteiger partial charge in [0.05, 0.1) is 4.47 Å². The van der Waals surface area contributed by atoms with E-state index in [1.165, 1.54) is 11.5 Å². The zero-order chi connectivity index (χ0) is 22.5. The van der Waals surface area contributed by atoms with Gasteiger partial charge in [-0.15, -0.1) is 0 Å². The van der Waals surface area contributed by atoms with Gasteiger partial charge >= 0.3 is 0 Å². The number of rotatable bonds is 6. The molecule has 7 heteroatoms. The number of nitrogens with zero attached hydrogens (tertiary/aromatic N) is 2. The number of aryl methyl sites for hydroxylation is 1. The lowest BCUT2D eigenvalue weighted by Gasteiger charge is -2.12. The summed E-state index contributed by atoms with van der Waals surface area (Å²) in [6, 6.07) is 20.1. The normalized spacial score (nSPS) is 11.0. The molecule has 0 saturated carbocycles. The predicted octanol–water partition coefficient (Wildman–Crippen LogP) is 6.70. The minimum Gasteiger partial charge on any atom is -0.339 e. The summed E-state index contributed by atoms with van der Waals surface area (Å²) in [5.41, 5.74) is 3.40. The molecule has 6 nitrogen and oxygen atoms in total. The predicted molar refractivity (Wildman–Crippen MR) is 135 cm³/mol. The summed E-state index contributed by atoms with van der Waals surface area (Å²) in [5.74, 6) is 0.908. The van der Waals surface area contributed by atoms with Crippen LogP contribution in [0.3, 0.4) is 0 Å². The summed E-state index contributed by atoms with van der Waals surface area (Å²) < 4.78 is 0.750. The van der Waals surface area contributed by atoms with E-state index in [9.17, 15) is 4.79 Å². The van der Waals surface area contributed by atoms with E-state index in [0.29, 0.717) is 17.5 Å². The Hall–Kier alpha value is -3.71. The lowest BCUT2D eigenvalue weighted by Crippen LogP contribution is -2.08. The van der Waals surface area contributed by atoms with E-state index in [1.807, 2.05) is 43.3 Å². The molecule has 0 unspecified atom stereocenters. The molecule has 160 valence electrons. The molecule has 0 aliphatic rings. The Kier molecular flexibility index (Phi) is 6.47. The molecule has 4 aromatic rings. The number of amides is 1. The molecule has 3 aromatic carbocycles. The maximum Gasteiger partial charge on any atom is 0.248 e. The molecule has 0 aliphatic heterocycles. The third-order valence-electron chi connectivity index (χ3n) is 4.68. The Morgan fingerprint density at radius 3 is 2.53 bits per heavy atom. The smallest absolute Gasteiger partial charge is 0.248 e. The van der Waals surface area contributed by atoms with E-state index < -0.39 is 0 Å². The molecule has 0 saturated heterocycles. The number of aromatic nitrogens is 2. The van der Waals surface area contributed by atoms with Gasteiger partial charge in [0.1, 0.15) is 5.82 Å².